The second-order valence-electron chi connectivity index (χ2n) is 4.10. The summed E-state index contributed by atoms with van der Waals surface area (Å²) in [6.45, 7) is 1.82. The number of esters is 1. The summed E-state index contributed by atoms with van der Waals surface area (Å²) in [6, 6.07) is 8.73. The summed E-state index contributed by atoms with van der Waals surface area (Å²) in [5.41, 5.74) is 0.502. The van der Waals surface area contributed by atoms with Crippen molar-refractivity contribution < 1.29 is 17.9 Å². The lowest BCUT2D eigenvalue weighted by atomic mass is 10.3. The number of para-hydroxylation sites is 1. The van der Waals surface area contributed by atoms with Gasteiger partial charge in [-0.2, -0.15) is 5.10 Å². The fraction of sp³-hybridized carbons (Fsp3) is 0.231. The van der Waals surface area contributed by atoms with Crippen LogP contribution < -0.4 is 0 Å². The molecular weight excluding hydrogens is 280 g/mol. The molecule has 0 radical (unpaired) electrons. The first kappa shape index (κ1) is 14.3. The Hall–Kier alpha value is -2.15. The van der Waals surface area contributed by atoms with E-state index in [2.05, 4.69) is 5.10 Å². The molecule has 106 valence electrons. The number of ether oxygens (including phenoxy) is 1. The minimum atomic E-state index is -3.63. The normalized spacial score (nSPS) is 11.3. The fourth-order valence-electron chi connectivity index (χ4n) is 1.80. The molecule has 0 saturated carbocycles. The summed E-state index contributed by atoms with van der Waals surface area (Å²) >= 11 is 0. The number of carbonyl (C=O) groups excluding carboxylic acids is 1. The maximum atomic E-state index is 11.9. The molecule has 1 aromatic heterocycles. The molecule has 2 rings (SSSR count). The van der Waals surface area contributed by atoms with Crippen molar-refractivity contribution in [1.29, 1.82) is 0 Å². The number of hydrogen-bond acceptors (Lipinski definition) is 5. The molecule has 0 spiro atoms. The zero-order valence-corrected chi connectivity index (χ0v) is 11.9. The minimum Gasteiger partial charge on any atom is -0.462 e. The molecule has 0 atom stereocenters. The maximum absolute atomic E-state index is 11.9. The van der Waals surface area contributed by atoms with Crippen LogP contribution >= 0.6 is 0 Å². The van der Waals surface area contributed by atoms with E-state index >= 15 is 0 Å². The molecule has 20 heavy (non-hydrogen) atoms. The monoisotopic (exact) mass is 294 g/mol. The molecule has 0 aliphatic carbocycles. The Balaban J connectivity index is 2.64. The van der Waals surface area contributed by atoms with Crippen LogP contribution in [-0.4, -0.2) is 37.0 Å². The molecule has 0 amide bonds. The number of sulfone groups is 1. The van der Waals surface area contributed by atoms with Crippen LogP contribution in [0.25, 0.3) is 5.69 Å². The van der Waals surface area contributed by atoms with Gasteiger partial charge in [0.15, 0.2) is 14.9 Å². The molecule has 1 aromatic carbocycles. The fourth-order valence-corrected chi connectivity index (χ4v) is 2.80. The molecule has 0 aliphatic rings. The third kappa shape index (κ3) is 2.72. The van der Waals surface area contributed by atoms with Crippen molar-refractivity contribution in [3.8, 4) is 5.69 Å². The maximum Gasteiger partial charge on any atom is 0.342 e. The van der Waals surface area contributed by atoms with Gasteiger partial charge in [0.2, 0.25) is 0 Å². The number of benzene rings is 1. The van der Waals surface area contributed by atoms with Crippen molar-refractivity contribution in [2.24, 2.45) is 0 Å². The third-order valence-corrected chi connectivity index (χ3v) is 3.67. The van der Waals surface area contributed by atoms with Crippen LogP contribution in [0.15, 0.2) is 41.6 Å². The molecule has 0 aliphatic heterocycles. The van der Waals surface area contributed by atoms with Crippen LogP contribution in [0, 0.1) is 0 Å². The highest BCUT2D eigenvalue weighted by atomic mass is 32.2. The Kier molecular flexibility index (Phi) is 3.89. The van der Waals surface area contributed by atoms with E-state index in [9.17, 15) is 13.2 Å². The smallest absolute Gasteiger partial charge is 0.342 e. The van der Waals surface area contributed by atoms with Gasteiger partial charge in [0, 0.05) is 6.26 Å². The van der Waals surface area contributed by atoms with Crippen LogP contribution in [-0.2, 0) is 14.6 Å². The van der Waals surface area contributed by atoms with Crippen molar-refractivity contribution in [2.45, 2.75) is 11.9 Å². The van der Waals surface area contributed by atoms with Gasteiger partial charge >= 0.3 is 5.97 Å². The van der Waals surface area contributed by atoms with Crippen molar-refractivity contribution in [1.82, 2.24) is 9.78 Å². The lowest BCUT2D eigenvalue weighted by molar-refractivity contribution is 0.0521. The zero-order chi connectivity index (χ0) is 14.8. The van der Waals surface area contributed by atoms with E-state index in [1.807, 2.05) is 0 Å². The summed E-state index contributed by atoms with van der Waals surface area (Å²) in [7, 11) is -3.63. The lowest BCUT2D eigenvalue weighted by Gasteiger charge is -2.07. The Morgan fingerprint density at radius 2 is 1.95 bits per heavy atom. The Labute approximate surface area is 116 Å². The van der Waals surface area contributed by atoms with Crippen LogP contribution in [0.4, 0.5) is 0 Å². The average Bonchev–Trinajstić information content (AvgIpc) is 2.84. The molecule has 1 heterocycles. The van der Waals surface area contributed by atoms with Crippen molar-refractivity contribution >= 4 is 15.8 Å². The standard InChI is InChI=1S/C13H14N2O4S/c1-3-19-13(16)11-9-14-15(12(11)20(2,17)18)10-7-5-4-6-8-10/h4-9H,3H2,1-2H3. The summed E-state index contributed by atoms with van der Waals surface area (Å²) in [4.78, 5) is 11.8. The molecule has 7 heteroatoms. The molecule has 0 fully saturated rings. The number of hydrogen-bond donors (Lipinski definition) is 0. The van der Waals surface area contributed by atoms with Gasteiger partial charge < -0.3 is 4.74 Å². The first-order valence-electron chi connectivity index (χ1n) is 5.95. The van der Waals surface area contributed by atoms with Gasteiger partial charge in [-0.25, -0.2) is 17.9 Å². The van der Waals surface area contributed by atoms with E-state index in [1.165, 1.54) is 10.9 Å². The number of nitrogens with zero attached hydrogens (tertiary/aromatic N) is 2. The Bertz CT molecular complexity index is 720. The van der Waals surface area contributed by atoms with Crippen LogP contribution in [0.3, 0.4) is 0 Å². The molecule has 0 unspecified atom stereocenters. The van der Waals surface area contributed by atoms with Crippen LogP contribution in [0.1, 0.15) is 17.3 Å². The number of carbonyl (C=O) groups is 1. The first-order valence-corrected chi connectivity index (χ1v) is 7.85. The number of aromatic nitrogens is 2. The molecular formula is C13H14N2O4S. The SMILES string of the molecule is CCOC(=O)c1cnn(-c2ccccc2)c1S(C)(=O)=O. The molecule has 6 nitrogen and oxygen atoms in total. The van der Waals surface area contributed by atoms with Crippen molar-refractivity contribution in [3.63, 3.8) is 0 Å². The van der Waals surface area contributed by atoms with Gasteiger partial charge in [0.05, 0.1) is 18.5 Å². The summed E-state index contributed by atoms with van der Waals surface area (Å²) in [5.74, 6) is -0.699. The second-order valence-corrected chi connectivity index (χ2v) is 6.03. The van der Waals surface area contributed by atoms with E-state index in [4.69, 9.17) is 4.74 Å². The van der Waals surface area contributed by atoms with Gasteiger partial charge in [-0.15, -0.1) is 0 Å². The van der Waals surface area contributed by atoms with Crippen molar-refractivity contribution in [3.05, 3.63) is 42.1 Å². The largest absolute Gasteiger partial charge is 0.462 e. The quantitative estimate of drug-likeness (QED) is 0.798. The van der Waals surface area contributed by atoms with Gasteiger partial charge in [-0.05, 0) is 19.1 Å². The van der Waals surface area contributed by atoms with E-state index < -0.39 is 15.8 Å². The van der Waals surface area contributed by atoms with Crippen molar-refractivity contribution in [2.75, 3.05) is 12.9 Å². The topological polar surface area (TPSA) is 78.3 Å². The zero-order valence-electron chi connectivity index (χ0n) is 11.1. The summed E-state index contributed by atoms with van der Waals surface area (Å²) < 4.78 is 30.0. The highest BCUT2D eigenvalue weighted by molar-refractivity contribution is 7.90. The van der Waals surface area contributed by atoms with Gasteiger partial charge in [-0.1, -0.05) is 18.2 Å². The first-order chi connectivity index (χ1) is 9.45. The molecule has 2 aromatic rings. The Morgan fingerprint density at radius 1 is 1.30 bits per heavy atom. The van der Waals surface area contributed by atoms with Gasteiger partial charge in [-0.3, -0.25) is 0 Å². The molecule has 0 N–H and O–H groups in total. The minimum absolute atomic E-state index is 0.0572. The third-order valence-electron chi connectivity index (χ3n) is 2.57. The Morgan fingerprint density at radius 3 is 2.50 bits per heavy atom. The highest BCUT2D eigenvalue weighted by Gasteiger charge is 2.26. The molecule has 0 saturated heterocycles. The van der Waals surface area contributed by atoms with Crippen LogP contribution in [0.5, 0.6) is 0 Å². The summed E-state index contributed by atoms with van der Waals surface area (Å²) in [5, 5.41) is 3.83. The molecule has 0 bridgehead atoms. The van der Waals surface area contributed by atoms with E-state index in [-0.39, 0.29) is 17.2 Å². The van der Waals surface area contributed by atoms with E-state index in [1.54, 1.807) is 37.3 Å². The van der Waals surface area contributed by atoms with Crippen LogP contribution in [0.2, 0.25) is 0 Å². The van der Waals surface area contributed by atoms with E-state index in [0.29, 0.717) is 5.69 Å². The van der Waals surface area contributed by atoms with E-state index in [0.717, 1.165) is 6.26 Å². The lowest BCUT2D eigenvalue weighted by Crippen LogP contribution is -2.13. The highest BCUT2D eigenvalue weighted by Crippen LogP contribution is 2.20. The van der Waals surface area contributed by atoms with Gasteiger partial charge in [0.1, 0.15) is 5.56 Å². The average molecular weight is 294 g/mol. The summed E-state index contributed by atoms with van der Waals surface area (Å²) in [6.07, 6.45) is 2.24. The van der Waals surface area contributed by atoms with Gasteiger partial charge in [0.25, 0.3) is 0 Å². The predicted molar refractivity (Wildman–Crippen MR) is 72.6 cm³/mol. The number of rotatable bonds is 4. The predicted octanol–water partition coefficient (Wildman–Crippen LogP) is 1.45. The second kappa shape index (κ2) is 5.46.